The molecular weight excluding hydrogens is 522 g/mol. The van der Waals surface area contributed by atoms with Gasteiger partial charge in [-0.3, -0.25) is 4.79 Å². The molecule has 37 heavy (non-hydrogen) atoms. The molecule has 0 aliphatic carbocycles. The molecule has 0 saturated carbocycles. The van der Waals surface area contributed by atoms with Gasteiger partial charge in [-0.15, -0.1) is 0 Å². The molecule has 200 valence electrons. The number of carboxylic acid groups (broad SMARTS) is 1. The van der Waals surface area contributed by atoms with Gasteiger partial charge in [0, 0.05) is 30.7 Å². The van der Waals surface area contributed by atoms with Crippen LogP contribution in [0.25, 0.3) is 11.0 Å². The summed E-state index contributed by atoms with van der Waals surface area (Å²) >= 11 is 0. The van der Waals surface area contributed by atoms with E-state index >= 15 is 0 Å². The molecule has 3 aromatic rings. The van der Waals surface area contributed by atoms with E-state index in [0.29, 0.717) is 37.1 Å². The van der Waals surface area contributed by atoms with Crippen LogP contribution in [-0.4, -0.2) is 67.2 Å². The van der Waals surface area contributed by atoms with E-state index in [1.165, 1.54) is 14.9 Å². The van der Waals surface area contributed by atoms with Gasteiger partial charge in [-0.1, -0.05) is 0 Å². The van der Waals surface area contributed by atoms with Gasteiger partial charge < -0.3 is 18.6 Å². The lowest BCUT2D eigenvalue weighted by molar-refractivity contribution is -0.137. The first-order valence-corrected chi connectivity index (χ1v) is 15.0. The van der Waals surface area contributed by atoms with Crippen molar-refractivity contribution in [3.63, 3.8) is 0 Å². The number of nitrogens with zero attached hydrogens (tertiary/aromatic N) is 3. The van der Waals surface area contributed by atoms with Crippen molar-refractivity contribution < 1.29 is 35.7 Å². The van der Waals surface area contributed by atoms with Crippen LogP contribution >= 0.6 is 0 Å². The zero-order valence-corrected chi connectivity index (χ0v) is 22.3. The molecule has 0 bridgehead atoms. The van der Waals surface area contributed by atoms with Crippen molar-refractivity contribution in [1.29, 1.82) is 0 Å². The first-order valence-electron chi connectivity index (χ1n) is 11.7. The fourth-order valence-electron chi connectivity index (χ4n) is 4.49. The topological polar surface area (TPSA) is 145 Å². The minimum absolute atomic E-state index is 0.0167. The average molecular weight is 552 g/mol. The zero-order chi connectivity index (χ0) is 27.0. The van der Waals surface area contributed by atoms with Crippen molar-refractivity contribution in [1.82, 2.24) is 13.9 Å². The number of ether oxygens (including phenoxy) is 1. The predicted molar refractivity (Wildman–Crippen MR) is 136 cm³/mol. The smallest absolute Gasteiger partial charge is 0.323 e. The Labute approximate surface area is 215 Å². The number of benzene rings is 1. The molecule has 11 nitrogen and oxygen atoms in total. The Balaban J connectivity index is 1.55. The Morgan fingerprint density at radius 2 is 1.73 bits per heavy atom. The lowest BCUT2D eigenvalue weighted by atomic mass is 9.90. The van der Waals surface area contributed by atoms with Crippen LogP contribution < -0.4 is 8.92 Å². The Hall–Kier alpha value is -3.16. The number of carbonyl (C=O) groups is 1. The molecule has 0 unspecified atom stereocenters. The van der Waals surface area contributed by atoms with Gasteiger partial charge in [0.15, 0.2) is 0 Å². The fraction of sp³-hybridized carbons (Fsp3) is 0.417. The third kappa shape index (κ3) is 6.22. The quantitative estimate of drug-likeness (QED) is 0.397. The third-order valence-electron chi connectivity index (χ3n) is 6.00. The SMILES string of the molecule is CC(C)Oc1ccc(S(=O)(=O)N2CCC(c3cn(CC(=O)O)c4nc(OS(C)(=O)=O)ccc34)CC2)cc1. The van der Waals surface area contributed by atoms with Crippen LogP contribution in [0.5, 0.6) is 11.6 Å². The van der Waals surface area contributed by atoms with Crippen molar-refractivity contribution in [3.05, 3.63) is 48.2 Å². The summed E-state index contributed by atoms with van der Waals surface area (Å²) in [7, 11) is -7.48. The molecule has 0 spiro atoms. The van der Waals surface area contributed by atoms with Crippen LogP contribution in [0.3, 0.4) is 0 Å². The molecule has 2 aromatic heterocycles. The Kier molecular flexibility index (Phi) is 7.49. The summed E-state index contributed by atoms with van der Waals surface area (Å²) in [6, 6.07) is 9.45. The summed E-state index contributed by atoms with van der Waals surface area (Å²) in [5.74, 6) is -0.666. The highest BCUT2D eigenvalue weighted by Crippen LogP contribution is 2.36. The van der Waals surface area contributed by atoms with Gasteiger partial charge in [0.05, 0.1) is 17.3 Å². The lowest BCUT2D eigenvalue weighted by Crippen LogP contribution is -2.37. The Morgan fingerprint density at radius 1 is 1.08 bits per heavy atom. The second-order valence-corrected chi connectivity index (χ2v) is 12.7. The number of hydrogen-bond donors (Lipinski definition) is 1. The molecule has 0 radical (unpaired) electrons. The fourth-order valence-corrected chi connectivity index (χ4v) is 6.36. The number of carboxylic acids is 1. The van der Waals surface area contributed by atoms with Gasteiger partial charge in [0.1, 0.15) is 17.9 Å². The van der Waals surface area contributed by atoms with Crippen LogP contribution in [0.2, 0.25) is 0 Å². The summed E-state index contributed by atoms with van der Waals surface area (Å²) in [4.78, 5) is 15.8. The monoisotopic (exact) mass is 551 g/mol. The Bertz CT molecular complexity index is 1510. The maximum absolute atomic E-state index is 13.2. The van der Waals surface area contributed by atoms with Crippen LogP contribution in [0.4, 0.5) is 0 Å². The summed E-state index contributed by atoms with van der Waals surface area (Å²) < 4.78 is 62.7. The van der Waals surface area contributed by atoms with Crippen LogP contribution in [-0.2, 0) is 31.5 Å². The van der Waals surface area contributed by atoms with Crippen molar-refractivity contribution in [2.75, 3.05) is 19.3 Å². The molecular formula is C24H29N3O8S2. The standard InChI is InChI=1S/C24H29N3O8S2/c1-16(2)34-18-4-6-19(7-5-18)37(32,33)27-12-10-17(11-13-27)21-14-26(15-23(28)29)24-20(21)8-9-22(25-24)35-36(3,30)31/h4-9,14,16-17H,10-13,15H2,1-3H3,(H,28,29). The summed E-state index contributed by atoms with van der Waals surface area (Å²) in [5.41, 5.74) is 1.12. The molecule has 1 fully saturated rings. The van der Waals surface area contributed by atoms with E-state index in [9.17, 15) is 26.7 Å². The number of rotatable bonds is 9. The number of aliphatic carboxylic acids is 1. The van der Waals surface area contributed by atoms with Crippen LogP contribution in [0, 0.1) is 0 Å². The molecule has 1 saturated heterocycles. The molecule has 1 aliphatic rings. The third-order valence-corrected chi connectivity index (χ3v) is 8.38. The van der Waals surface area contributed by atoms with E-state index in [-0.39, 0.29) is 35.0 Å². The first kappa shape index (κ1) is 26.9. The molecule has 0 atom stereocenters. The average Bonchev–Trinajstić information content (AvgIpc) is 3.15. The maximum atomic E-state index is 13.2. The van der Waals surface area contributed by atoms with Crippen molar-refractivity contribution >= 4 is 37.1 Å². The second-order valence-electron chi connectivity index (χ2n) is 9.23. The van der Waals surface area contributed by atoms with E-state index < -0.39 is 26.1 Å². The number of sulfonamides is 1. The van der Waals surface area contributed by atoms with E-state index in [2.05, 4.69) is 4.98 Å². The minimum atomic E-state index is -3.80. The van der Waals surface area contributed by atoms with Crippen molar-refractivity contribution in [2.24, 2.45) is 0 Å². The molecule has 1 N–H and O–H groups in total. The number of piperidine rings is 1. The van der Waals surface area contributed by atoms with E-state index in [1.54, 1.807) is 36.5 Å². The lowest BCUT2D eigenvalue weighted by Gasteiger charge is -2.31. The summed E-state index contributed by atoms with van der Waals surface area (Å²) in [5, 5.41) is 10.0. The Morgan fingerprint density at radius 3 is 2.30 bits per heavy atom. The number of pyridine rings is 1. The normalized spacial score (nSPS) is 15.8. The molecule has 13 heteroatoms. The van der Waals surface area contributed by atoms with E-state index in [0.717, 1.165) is 11.8 Å². The molecule has 1 aliphatic heterocycles. The molecule has 0 amide bonds. The summed E-state index contributed by atoms with van der Waals surface area (Å²) in [6.07, 6.45) is 3.63. The second kappa shape index (κ2) is 10.3. The van der Waals surface area contributed by atoms with Gasteiger partial charge in [0.25, 0.3) is 0 Å². The van der Waals surface area contributed by atoms with Gasteiger partial charge in [0.2, 0.25) is 15.9 Å². The maximum Gasteiger partial charge on any atom is 0.323 e. The van der Waals surface area contributed by atoms with E-state index in [1.807, 2.05) is 13.8 Å². The van der Waals surface area contributed by atoms with Gasteiger partial charge in [-0.05, 0) is 68.5 Å². The number of aromatic nitrogens is 2. The van der Waals surface area contributed by atoms with Gasteiger partial charge in [-0.2, -0.15) is 17.7 Å². The van der Waals surface area contributed by atoms with Crippen molar-refractivity contribution in [3.8, 4) is 11.6 Å². The summed E-state index contributed by atoms with van der Waals surface area (Å²) in [6.45, 7) is 4.02. The van der Waals surface area contributed by atoms with Crippen LogP contribution in [0.15, 0.2) is 47.5 Å². The highest BCUT2D eigenvalue weighted by Gasteiger charge is 2.31. The highest BCUT2D eigenvalue weighted by molar-refractivity contribution is 7.89. The molecule has 3 heterocycles. The highest BCUT2D eigenvalue weighted by atomic mass is 32.2. The van der Waals surface area contributed by atoms with Gasteiger partial charge in [-0.25, -0.2) is 8.42 Å². The predicted octanol–water partition coefficient (Wildman–Crippen LogP) is 2.81. The zero-order valence-electron chi connectivity index (χ0n) is 20.7. The molecule has 4 rings (SSSR count). The minimum Gasteiger partial charge on any atom is -0.491 e. The largest absolute Gasteiger partial charge is 0.491 e. The van der Waals surface area contributed by atoms with Crippen LogP contribution in [0.1, 0.15) is 38.2 Å². The number of fused-ring (bicyclic) bond motifs is 1. The first-order chi connectivity index (χ1) is 17.3. The molecule has 1 aromatic carbocycles. The van der Waals surface area contributed by atoms with Gasteiger partial charge >= 0.3 is 16.1 Å². The number of hydrogen-bond acceptors (Lipinski definition) is 8. The van der Waals surface area contributed by atoms with E-state index in [4.69, 9.17) is 8.92 Å². The van der Waals surface area contributed by atoms with Crippen molar-refractivity contribution in [2.45, 2.75) is 50.2 Å².